The summed E-state index contributed by atoms with van der Waals surface area (Å²) in [6.07, 6.45) is 0.906. The smallest absolute Gasteiger partial charge is 0.419 e. The summed E-state index contributed by atoms with van der Waals surface area (Å²) in [4.78, 5) is 18.0. The van der Waals surface area contributed by atoms with E-state index in [0.717, 1.165) is 6.04 Å². The van der Waals surface area contributed by atoms with Crippen LogP contribution in [-0.4, -0.2) is 47.1 Å². The van der Waals surface area contributed by atoms with Crippen LogP contribution in [0.15, 0.2) is 36.5 Å². The molecule has 2 aromatic carbocycles. The van der Waals surface area contributed by atoms with E-state index in [1.54, 1.807) is 63.5 Å². The maximum absolute atomic E-state index is 13.8. The highest BCUT2D eigenvalue weighted by Gasteiger charge is 2.37. The molecule has 4 rings (SSSR count). The maximum atomic E-state index is 13.8. The molecule has 2 aromatic heterocycles. The molecule has 9 nitrogen and oxygen atoms in total. The third-order valence-electron chi connectivity index (χ3n) is 7.01. The normalized spacial score (nSPS) is 13.8. The van der Waals surface area contributed by atoms with Gasteiger partial charge >= 0.3 is 12.7 Å². The molecule has 0 fully saturated rings. The molecule has 2 heterocycles. The second kappa shape index (κ2) is 11.7. The molecule has 4 aromatic rings. The van der Waals surface area contributed by atoms with Crippen LogP contribution in [0, 0.1) is 18.3 Å². The third-order valence-corrected chi connectivity index (χ3v) is 8.71. The first kappa shape index (κ1) is 32.1. The number of ether oxygens (including phenoxy) is 3. The maximum Gasteiger partial charge on any atom is 0.419 e. The van der Waals surface area contributed by atoms with Crippen molar-refractivity contribution in [2.75, 3.05) is 6.61 Å². The molecule has 0 amide bonds. The highest BCUT2D eigenvalue weighted by molar-refractivity contribution is 6.76. The van der Waals surface area contributed by atoms with Crippen molar-refractivity contribution >= 4 is 36.1 Å². The van der Waals surface area contributed by atoms with Crippen molar-refractivity contribution in [3.05, 3.63) is 59.0 Å². The lowest BCUT2D eigenvalue weighted by molar-refractivity contribution is -0.0508. The molecule has 43 heavy (non-hydrogen) atoms. The number of hydrogen-bond acceptors (Lipinski definition) is 7. The van der Waals surface area contributed by atoms with Crippen LogP contribution >= 0.6 is 0 Å². The topological polar surface area (TPSA) is 117 Å². The predicted molar refractivity (Wildman–Crippen MR) is 164 cm³/mol. The Kier molecular flexibility index (Phi) is 8.75. The number of aryl methyl sites for hydroxylation is 1. The Morgan fingerprint density at radius 2 is 1.86 bits per heavy atom. The summed E-state index contributed by atoms with van der Waals surface area (Å²) >= 11 is 0. The summed E-state index contributed by atoms with van der Waals surface area (Å²) in [5.74, 6) is 0.183. The minimum atomic E-state index is -3.12. The number of imidazole rings is 1. The van der Waals surface area contributed by atoms with Crippen LogP contribution in [0.4, 0.5) is 13.6 Å². The van der Waals surface area contributed by atoms with E-state index in [9.17, 15) is 18.8 Å². The minimum Gasteiger partial charge on any atom is -0.443 e. The van der Waals surface area contributed by atoms with Crippen molar-refractivity contribution < 1.29 is 27.8 Å². The largest absolute Gasteiger partial charge is 0.443 e. The highest BCUT2D eigenvalue weighted by atomic mass is 28.3. The van der Waals surface area contributed by atoms with Crippen LogP contribution < -0.4 is 10.5 Å². The molecule has 12 heteroatoms. The monoisotopic (exact) mass is 611 g/mol. The Labute approximate surface area is 251 Å². The van der Waals surface area contributed by atoms with Gasteiger partial charge < -0.3 is 24.5 Å². The number of benzene rings is 2. The lowest BCUT2D eigenvalue weighted by Gasteiger charge is -2.29. The van der Waals surface area contributed by atoms with E-state index in [4.69, 9.17) is 24.9 Å². The molecule has 0 saturated carbocycles. The van der Waals surface area contributed by atoms with Gasteiger partial charge in [0, 0.05) is 31.8 Å². The molecule has 230 valence electrons. The van der Waals surface area contributed by atoms with Gasteiger partial charge in [0.1, 0.15) is 29.4 Å². The van der Waals surface area contributed by atoms with Crippen LogP contribution in [0.5, 0.6) is 5.75 Å². The van der Waals surface area contributed by atoms with E-state index in [1.165, 1.54) is 16.8 Å². The first-order chi connectivity index (χ1) is 19.9. The van der Waals surface area contributed by atoms with Crippen LogP contribution in [-0.2, 0) is 21.7 Å². The standard InChI is InChI=1S/C31H39F2N5O4Si/c1-19-15-24(41-28(32)33)25(21-11-12-37(26(19)21)29(39)42-30(2,3)4)31(5,35)27-36-22-10-9-20(17-34)16-23(22)38(27)18-40-13-14-43(6,7)8/h9-12,15-16,28H,13-14,18,35H2,1-8H3. The van der Waals surface area contributed by atoms with Crippen LogP contribution in [0.25, 0.3) is 21.9 Å². The van der Waals surface area contributed by atoms with Gasteiger partial charge in [0.15, 0.2) is 0 Å². The van der Waals surface area contributed by atoms with E-state index in [1.807, 2.05) is 0 Å². The number of nitrogens with zero attached hydrogens (tertiary/aromatic N) is 4. The van der Waals surface area contributed by atoms with Gasteiger partial charge in [-0.2, -0.15) is 14.0 Å². The van der Waals surface area contributed by atoms with Crippen LogP contribution in [0.3, 0.4) is 0 Å². The average Bonchev–Trinajstić information content (AvgIpc) is 3.47. The van der Waals surface area contributed by atoms with Crippen molar-refractivity contribution in [2.24, 2.45) is 5.73 Å². The van der Waals surface area contributed by atoms with Crippen molar-refractivity contribution in [3.63, 3.8) is 0 Å². The zero-order chi connectivity index (χ0) is 31.9. The van der Waals surface area contributed by atoms with Gasteiger partial charge in [0.05, 0.1) is 28.2 Å². The number of halogens is 2. The number of hydrogen-bond donors (Lipinski definition) is 1. The number of nitrogens with two attached hydrogens (primary N) is 1. The second-order valence-electron chi connectivity index (χ2n) is 13.1. The molecule has 2 N–H and O–H groups in total. The molecule has 0 radical (unpaired) electrons. The van der Waals surface area contributed by atoms with E-state index in [0.29, 0.717) is 45.5 Å². The fourth-order valence-corrected chi connectivity index (χ4v) is 5.82. The zero-order valence-corrected chi connectivity index (χ0v) is 26.9. The number of carbonyl (C=O) groups excluding carboxylic acids is 1. The van der Waals surface area contributed by atoms with E-state index < -0.39 is 31.9 Å². The predicted octanol–water partition coefficient (Wildman–Crippen LogP) is 7.09. The van der Waals surface area contributed by atoms with Gasteiger partial charge in [-0.25, -0.2) is 9.78 Å². The summed E-state index contributed by atoms with van der Waals surface area (Å²) in [5.41, 5.74) is 7.60. The zero-order valence-electron chi connectivity index (χ0n) is 25.9. The molecular formula is C31H39F2N5O4Si. The molecular weight excluding hydrogens is 572 g/mol. The van der Waals surface area contributed by atoms with Gasteiger partial charge in [-0.05, 0) is 76.6 Å². The number of nitriles is 1. The number of alkyl halides is 2. The van der Waals surface area contributed by atoms with Gasteiger partial charge in [-0.15, -0.1) is 0 Å². The molecule has 0 saturated heterocycles. The number of rotatable bonds is 9. The summed E-state index contributed by atoms with van der Waals surface area (Å²) in [6.45, 7) is 12.9. The van der Waals surface area contributed by atoms with Crippen molar-refractivity contribution in [1.82, 2.24) is 14.1 Å². The summed E-state index contributed by atoms with van der Waals surface area (Å²) in [7, 11) is -1.38. The molecule has 1 unspecified atom stereocenters. The molecule has 1 atom stereocenters. The SMILES string of the molecule is Cc1cc(OC(F)F)c(C(C)(N)c2nc3ccc(C#N)cc3n2COCC[Si](C)(C)C)c2ccn(C(=O)OC(C)(C)C)c12. The van der Waals surface area contributed by atoms with Gasteiger partial charge in [-0.1, -0.05) is 19.6 Å². The molecule has 0 aliphatic carbocycles. The van der Waals surface area contributed by atoms with Crippen molar-refractivity contribution in [1.29, 1.82) is 5.26 Å². The lowest BCUT2D eigenvalue weighted by atomic mass is 9.87. The first-order valence-corrected chi connectivity index (χ1v) is 17.7. The summed E-state index contributed by atoms with van der Waals surface area (Å²) < 4.78 is 47.4. The Morgan fingerprint density at radius 3 is 2.47 bits per heavy atom. The third kappa shape index (κ3) is 6.90. The average molecular weight is 612 g/mol. The Bertz CT molecular complexity index is 1710. The summed E-state index contributed by atoms with van der Waals surface area (Å²) in [6, 6.07) is 11.2. The van der Waals surface area contributed by atoms with Gasteiger partial charge in [0.2, 0.25) is 0 Å². The van der Waals surface area contributed by atoms with E-state index in [-0.39, 0.29) is 18.0 Å². The molecule has 0 spiro atoms. The quantitative estimate of drug-likeness (QED) is 0.159. The van der Waals surface area contributed by atoms with Crippen LogP contribution in [0.2, 0.25) is 25.7 Å². The van der Waals surface area contributed by atoms with E-state index >= 15 is 0 Å². The highest BCUT2D eigenvalue weighted by Crippen LogP contribution is 2.42. The van der Waals surface area contributed by atoms with Gasteiger partial charge in [-0.3, -0.25) is 4.57 Å². The Balaban J connectivity index is 1.95. The Hall–Kier alpha value is -3.79. The molecule has 0 aliphatic rings. The Morgan fingerprint density at radius 1 is 1.16 bits per heavy atom. The fraction of sp³-hybridized carbons (Fsp3) is 0.452. The molecule has 0 bridgehead atoms. The van der Waals surface area contributed by atoms with Gasteiger partial charge in [0.25, 0.3) is 0 Å². The number of aromatic nitrogens is 3. The van der Waals surface area contributed by atoms with Crippen molar-refractivity contribution in [2.45, 2.75) is 84.8 Å². The van der Waals surface area contributed by atoms with E-state index in [2.05, 4.69) is 25.7 Å². The molecule has 0 aliphatic heterocycles. The lowest BCUT2D eigenvalue weighted by Crippen LogP contribution is -2.38. The second-order valence-corrected chi connectivity index (χ2v) is 18.7. The fourth-order valence-electron chi connectivity index (χ4n) is 5.06. The summed E-state index contributed by atoms with van der Waals surface area (Å²) in [5, 5.41) is 9.99. The number of fused-ring (bicyclic) bond motifs is 2. The van der Waals surface area contributed by atoms with Crippen molar-refractivity contribution in [3.8, 4) is 11.8 Å². The number of carbonyl (C=O) groups is 1. The minimum absolute atomic E-state index is 0.0803. The van der Waals surface area contributed by atoms with Crippen LogP contribution in [0.1, 0.15) is 50.2 Å². The first-order valence-electron chi connectivity index (χ1n) is 14.0.